The highest BCUT2D eigenvalue weighted by Gasteiger charge is 2.38. The lowest BCUT2D eigenvalue weighted by Gasteiger charge is -2.37. The molecule has 0 spiro atoms. The fourth-order valence-corrected chi connectivity index (χ4v) is 5.90. The normalized spacial score (nSPS) is 20.0. The number of ether oxygens (including phenoxy) is 1. The summed E-state index contributed by atoms with van der Waals surface area (Å²) in [7, 11) is -2.38. The molecular weight excluding hydrogens is 495 g/mol. The first-order chi connectivity index (χ1) is 17.4. The maximum absolute atomic E-state index is 13.7. The zero-order chi connectivity index (χ0) is 27.3. The van der Waals surface area contributed by atoms with Crippen LogP contribution in [0.3, 0.4) is 0 Å². The minimum Gasteiger partial charge on any atom is -0.487 e. The van der Waals surface area contributed by atoms with Gasteiger partial charge in [-0.25, -0.2) is 12.8 Å². The van der Waals surface area contributed by atoms with Crippen molar-refractivity contribution in [2.75, 3.05) is 26.7 Å². The molecule has 0 unspecified atom stereocenters. The van der Waals surface area contributed by atoms with Gasteiger partial charge < -0.3 is 14.7 Å². The van der Waals surface area contributed by atoms with Crippen molar-refractivity contribution < 1.29 is 27.4 Å². The first kappa shape index (κ1) is 28.6. The Labute approximate surface area is 219 Å². The number of hydrogen-bond acceptors (Lipinski definition) is 5. The number of carbonyl (C=O) groups is 1. The predicted octanol–water partition coefficient (Wildman–Crippen LogP) is 3.76. The van der Waals surface area contributed by atoms with Crippen LogP contribution in [0.25, 0.3) is 0 Å². The number of fused-ring (bicyclic) bond motifs is 1. The highest BCUT2D eigenvalue weighted by Crippen LogP contribution is 2.34. The summed E-state index contributed by atoms with van der Waals surface area (Å²) in [6.45, 7) is 7.50. The van der Waals surface area contributed by atoms with E-state index in [-0.39, 0.29) is 47.7 Å². The summed E-state index contributed by atoms with van der Waals surface area (Å²) >= 11 is 0. The molecule has 2 aromatic carbocycles. The second-order valence-electron chi connectivity index (χ2n) is 10.00. The van der Waals surface area contributed by atoms with Gasteiger partial charge in [0.05, 0.1) is 13.2 Å². The van der Waals surface area contributed by atoms with Crippen LogP contribution < -0.4 is 4.74 Å². The average Bonchev–Trinajstić information content (AvgIpc) is 2.84. The Morgan fingerprint density at radius 1 is 1.24 bits per heavy atom. The Kier molecular flexibility index (Phi) is 9.35. The first-order valence-corrected chi connectivity index (χ1v) is 13.8. The van der Waals surface area contributed by atoms with Crippen LogP contribution in [-0.2, 0) is 10.0 Å². The maximum Gasteiger partial charge on any atom is 0.253 e. The standard InChI is InChI=1S/C28H35FN2O5S/c1-19(2)8-6-9-22-12-13-27-25(14-22)36-26(20(3)16-31(21(4)18-32)37(27,34)35)17-30(5)28(33)23-10-7-11-24(29)15-23/h7,10-15,19-21,26,32H,8,16-18H2,1-5H3/t20-,21+,26-/m1/s1. The molecule has 2 aromatic rings. The zero-order valence-electron chi connectivity index (χ0n) is 21.9. The van der Waals surface area contributed by atoms with Gasteiger partial charge in [0, 0.05) is 43.1 Å². The van der Waals surface area contributed by atoms with Crippen LogP contribution in [0.4, 0.5) is 4.39 Å². The SMILES string of the molecule is CC(C)CC#Cc1ccc2c(c1)O[C@H](CN(C)C(=O)c1cccc(F)c1)[C@H](C)CN([C@@H](C)CO)S2(=O)=O. The van der Waals surface area contributed by atoms with Crippen LogP contribution in [0.1, 0.15) is 50.0 Å². The van der Waals surface area contributed by atoms with Crippen LogP contribution in [0.2, 0.25) is 0 Å². The van der Waals surface area contributed by atoms with Gasteiger partial charge in [-0.2, -0.15) is 4.31 Å². The third-order valence-electron chi connectivity index (χ3n) is 6.28. The van der Waals surface area contributed by atoms with Crippen molar-refractivity contribution >= 4 is 15.9 Å². The second-order valence-corrected chi connectivity index (χ2v) is 11.9. The van der Waals surface area contributed by atoms with Crippen molar-refractivity contribution in [1.82, 2.24) is 9.21 Å². The van der Waals surface area contributed by atoms with Crippen LogP contribution in [0, 0.1) is 29.5 Å². The third kappa shape index (κ3) is 6.89. The molecule has 0 radical (unpaired) electrons. The molecule has 0 saturated carbocycles. The van der Waals surface area contributed by atoms with Gasteiger partial charge in [-0.05, 0) is 49.2 Å². The number of hydrogen-bond donors (Lipinski definition) is 1. The molecule has 0 aromatic heterocycles. The van der Waals surface area contributed by atoms with Gasteiger partial charge in [-0.1, -0.05) is 38.7 Å². The van der Waals surface area contributed by atoms with E-state index < -0.39 is 28.0 Å². The van der Waals surface area contributed by atoms with Crippen LogP contribution in [0.15, 0.2) is 47.4 Å². The quantitative estimate of drug-likeness (QED) is 0.575. The van der Waals surface area contributed by atoms with E-state index in [1.165, 1.54) is 33.5 Å². The molecule has 0 bridgehead atoms. The summed E-state index contributed by atoms with van der Waals surface area (Å²) in [5.74, 6) is 5.50. The van der Waals surface area contributed by atoms with E-state index >= 15 is 0 Å². The Bertz CT molecular complexity index is 1280. The smallest absolute Gasteiger partial charge is 0.253 e. The maximum atomic E-state index is 13.7. The Hall–Kier alpha value is -2.93. The minimum absolute atomic E-state index is 0.0155. The Morgan fingerprint density at radius 2 is 1.97 bits per heavy atom. The molecule has 9 heteroatoms. The van der Waals surface area contributed by atoms with Crippen molar-refractivity contribution in [2.45, 2.75) is 51.2 Å². The number of halogens is 1. The highest BCUT2D eigenvalue weighted by molar-refractivity contribution is 7.89. The molecular formula is C28H35FN2O5S. The summed E-state index contributed by atoms with van der Waals surface area (Å²) < 4.78 is 48.4. The fraction of sp³-hybridized carbons (Fsp3) is 0.464. The molecule has 1 heterocycles. The fourth-order valence-electron chi connectivity index (χ4n) is 4.07. The number of aliphatic hydroxyl groups excluding tert-OH is 1. The van der Waals surface area contributed by atoms with Crippen molar-refractivity contribution in [3.63, 3.8) is 0 Å². The van der Waals surface area contributed by atoms with Gasteiger partial charge in [-0.3, -0.25) is 4.79 Å². The summed E-state index contributed by atoms with van der Waals surface area (Å²) in [5, 5.41) is 9.80. The van der Waals surface area contributed by atoms with Gasteiger partial charge in [0.1, 0.15) is 22.6 Å². The molecule has 0 fully saturated rings. The van der Waals surface area contributed by atoms with Gasteiger partial charge in [0.25, 0.3) is 5.91 Å². The number of amides is 1. The lowest BCUT2D eigenvalue weighted by molar-refractivity contribution is 0.0563. The number of carbonyl (C=O) groups excluding carboxylic acids is 1. The lowest BCUT2D eigenvalue weighted by Crippen LogP contribution is -2.50. The van der Waals surface area contributed by atoms with Gasteiger partial charge in [0.15, 0.2) is 0 Å². The van der Waals surface area contributed by atoms with E-state index in [0.29, 0.717) is 17.9 Å². The Morgan fingerprint density at radius 3 is 2.62 bits per heavy atom. The zero-order valence-corrected chi connectivity index (χ0v) is 22.8. The molecule has 0 saturated heterocycles. The monoisotopic (exact) mass is 530 g/mol. The molecule has 1 N–H and O–H groups in total. The molecule has 3 atom stereocenters. The molecule has 1 amide bonds. The highest BCUT2D eigenvalue weighted by atomic mass is 32.2. The number of rotatable bonds is 6. The third-order valence-corrected chi connectivity index (χ3v) is 8.30. The second kappa shape index (κ2) is 12.1. The minimum atomic E-state index is -3.98. The van der Waals surface area contributed by atoms with Crippen molar-refractivity contribution in [3.05, 3.63) is 59.4 Å². The van der Waals surface area contributed by atoms with E-state index in [0.717, 1.165) is 0 Å². The summed E-state index contributed by atoms with van der Waals surface area (Å²) in [6, 6.07) is 9.55. The number of nitrogens with zero attached hydrogens (tertiary/aromatic N) is 2. The number of likely N-dealkylation sites (N-methyl/N-ethyl adjacent to an activating group) is 1. The molecule has 0 aliphatic carbocycles. The number of sulfonamides is 1. The average molecular weight is 531 g/mol. The molecule has 200 valence electrons. The predicted molar refractivity (Wildman–Crippen MR) is 140 cm³/mol. The summed E-state index contributed by atoms with van der Waals surface area (Å²) in [6.07, 6.45) is 0.119. The van der Waals surface area contributed by atoms with Crippen LogP contribution >= 0.6 is 0 Å². The summed E-state index contributed by atoms with van der Waals surface area (Å²) in [4.78, 5) is 14.4. The Balaban J connectivity index is 2.00. The molecule has 37 heavy (non-hydrogen) atoms. The molecule has 1 aliphatic heterocycles. The van der Waals surface area contributed by atoms with Crippen LogP contribution in [0.5, 0.6) is 5.75 Å². The molecule has 7 nitrogen and oxygen atoms in total. The summed E-state index contributed by atoms with van der Waals surface area (Å²) in [5.41, 5.74) is 0.828. The van der Waals surface area contributed by atoms with Crippen molar-refractivity contribution in [1.29, 1.82) is 0 Å². The lowest BCUT2D eigenvalue weighted by atomic mass is 10.0. The number of benzene rings is 2. The molecule has 1 aliphatic rings. The van der Waals surface area contributed by atoms with Gasteiger partial charge >= 0.3 is 0 Å². The topological polar surface area (TPSA) is 87.2 Å². The molecule has 3 rings (SSSR count). The first-order valence-electron chi connectivity index (χ1n) is 12.4. The van der Waals surface area contributed by atoms with Crippen LogP contribution in [-0.4, -0.2) is 67.5 Å². The van der Waals surface area contributed by atoms with Crippen molar-refractivity contribution in [3.8, 4) is 17.6 Å². The van der Waals surface area contributed by atoms with E-state index in [1.54, 1.807) is 32.2 Å². The van der Waals surface area contributed by atoms with E-state index in [2.05, 4.69) is 25.7 Å². The van der Waals surface area contributed by atoms with Gasteiger partial charge in [0.2, 0.25) is 10.0 Å². The number of aliphatic hydroxyl groups is 1. The van der Waals surface area contributed by atoms with E-state index in [9.17, 15) is 22.7 Å². The van der Waals surface area contributed by atoms with E-state index in [1.807, 2.05) is 6.92 Å². The van der Waals surface area contributed by atoms with Gasteiger partial charge in [-0.15, -0.1) is 0 Å². The van der Waals surface area contributed by atoms with Crippen molar-refractivity contribution in [2.24, 2.45) is 11.8 Å². The largest absolute Gasteiger partial charge is 0.487 e. The van der Waals surface area contributed by atoms with E-state index in [4.69, 9.17) is 4.74 Å².